The molecule has 88 valence electrons. The van der Waals surface area contributed by atoms with Crippen molar-refractivity contribution in [2.75, 3.05) is 18.6 Å². The molecule has 1 aromatic rings. The number of amides is 1. The van der Waals surface area contributed by atoms with Gasteiger partial charge >= 0.3 is 0 Å². The van der Waals surface area contributed by atoms with Gasteiger partial charge in [0.25, 0.3) is 5.91 Å². The molecule has 1 aromatic carbocycles. The van der Waals surface area contributed by atoms with Gasteiger partial charge in [0.1, 0.15) is 11.6 Å². The molecule has 1 rings (SSSR count). The smallest absolute Gasteiger partial charge is 0.255 e. The fraction of sp³-hybridized carbons (Fsp3) is 0.364. The summed E-state index contributed by atoms with van der Waals surface area (Å²) in [7, 11) is 0. The molecule has 0 heterocycles. The van der Waals surface area contributed by atoms with Crippen LogP contribution in [-0.4, -0.2) is 29.6 Å². The maximum atomic E-state index is 12.7. The first-order valence-corrected chi connectivity index (χ1v) is 6.30. The fourth-order valence-electron chi connectivity index (χ4n) is 1.21. The number of benzene rings is 1. The zero-order valence-electron chi connectivity index (χ0n) is 9.00. The average Bonchev–Trinajstić information content (AvgIpc) is 2.24. The van der Waals surface area contributed by atoms with Crippen molar-refractivity contribution in [3.63, 3.8) is 0 Å². The fourth-order valence-corrected chi connectivity index (χ4v) is 1.64. The third-order valence-electron chi connectivity index (χ3n) is 2.02. The molecule has 3 nitrogen and oxygen atoms in total. The average molecular weight is 243 g/mol. The van der Waals surface area contributed by atoms with Crippen molar-refractivity contribution in [3.8, 4) is 5.75 Å². The monoisotopic (exact) mass is 243 g/mol. The lowest BCUT2D eigenvalue weighted by Crippen LogP contribution is -2.24. The first kappa shape index (κ1) is 12.8. The molecule has 0 saturated heterocycles. The minimum atomic E-state index is -0.559. The number of rotatable bonds is 5. The quantitative estimate of drug-likeness (QED) is 0.778. The molecule has 0 spiro atoms. The van der Waals surface area contributed by atoms with Crippen LogP contribution < -0.4 is 5.32 Å². The largest absolute Gasteiger partial charge is 0.507 e. The molecule has 2 N–H and O–H groups in total. The van der Waals surface area contributed by atoms with Gasteiger partial charge in [0.05, 0.1) is 5.56 Å². The van der Waals surface area contributed by atoms with Crippen LogP contribution in [0.3, 0.4) is 0 Å². The van der Waals surface area contributed by atoms with E-state index in [4.69, 9.17) is 0 Å². The molecule has 0 aliphatic carbocycles. The number of nitrogens with one attached hydrogen (secondary N) is 1. The van der Waals surface area contributed by atoms with E-state index in [1.54, 1.807) is 11.8 Å². The summed E-state index contributed by atoms with van der Waals surface area (Å²) in [6.45, 7) is 0.552. The van der Waals surface area contributed by atoms with Crippen molar-refractivity contribution in [1.29, 1.82) is 0 Å². The van der Waals surface area contributed by atoms with Gasteiger partial charge in [-0.3, -0.25) is 4.79 Å². The highest BCUT2D eigenvalue weighted by Gasteiger charge is 2.10. The number of aromatic hydroxyl groups is 1. The van der Waals surface area contributed by atoms with Crippen LogP contribution in [0.4, 0.5) is 4.39 Å². The summed E-state index contributed by atoms with van der Waals surface area (Å²) in [4.78, 5) is 11.5. The van der Waals surface area contributed by atoms with Gasteiger partial charge in [0, 0.05) is 12.6 Å². The highest BCUT2D eigenvalue weighted by molar-refractivity contribution is 7.98. The molecule has 5 heteroatoms. The van der Waals surface area contributed by atoms with E-state index in [1.165, 1.54) is 6.07 Å². The van der Waals surface area contributed by atoms with E-state index >= 15 is 0 Å². The van der Waals surface area contributed by atoms with Gasteiger partial charge in [-0.1, -0.05) is 0 Å². The molecule has 0 aliphatic heterocycles. The topological polar surface area (TPSA) is 49.3 Å². The molecule has 1 amide bonds. The summed E-state index contributed by atoms with van der Waals surface area (Å²) >= 11 is 1.70. The van der Waals surface area contributed by atoms with E-state index in [0.717, 1.165) is 24.3 Å². The highest BCUT2D eigenvalue weighted by Crippen LogP contribution is 2.17. The van der Waals surface area contributed by atoms with Crippen LogP contribution in [0.2, 0.25) is 0 Å². The molecular formula is C11H14FNO2S. The Hall–Kier alpha value is -1.23. The lowest BCUT2D eigenvalue weighted by atomic mass is 10.2. The Labute approximate surface area is 98.1 Å². The van der Waals surface area contributed by atoms with Crippen molar-refractivity contribution >= 4 is 17.7 Å². The Bertz CT molecular complexity index is 371. The summed E-state index contributed by atoms with van der Waals surface area (Å²) in [5.41, 5.74) is 0.102. The van der Waals surface area contributed by atoms with Gasteiger partial charge in [0.15, 0.2) is 0 Å². The second-order valence-electron chi connectivity index (χ2n) is 3.26. The Balaban J connectivity index is 2.53. The third kappa shape index (κ3) is 3.73. The molecule has 0 bridgehead atoms. The Morgan fingerprint density at radius 1 is 1.56 bits per heavy atom. The van der Waals surface area contributed by atoms with Crippen molar-refractivity contribution in [2.45, 2.75) is 6.42 Å². The molecule has 0 aliphatic rings. The highest BCUT2D eigenvalue weighted by atomic mass is 32.2. The lowest BCUT2D eigenvalue weighted by Gasteiger charge is -2.06. The first-order chi connectivity index (χ1) is 7.65. The molecule has 0 fully saturated rings. The summed E-state index contributed by atoms with van der Waals surface area (Å²) in [6.07, 6.45) is 2.86. The van der Waals surface area contributed by atoms with Crippen LogP contribution in [0, 0.1) is 5.82 Å². The summed E-state index contributed by atoms with van der Waals surface area (Å²) in [5.74, 6) is -0.298. The Kier molecular flexibility index (Phi) is 5.11. The van der Waals surface area contributed by atoms with E-state index in [9.17, 15) is 14.3 Å². The van der Waals surface area contributed by atoms with Crippen molar-refractivity contribution in [2.24, 2.45) is 0 Å². The number of carbonyl (C=O) groups is 1. The predicted octanol–water partition coefficient (Wildman–Crippen LogP) is 2.01. The van der Waals surface area contributed by atoms with Crippen LogP contribution in [-0.2, 0) is 0 Å². The number of halogens is 1. The maximum Gasteiger partial charge on any atom is 0.255 e. The van der Waals surface area contributed by atoms with Crippen LogP contribution >= 0.6 is 11.8 Å². The van der Waals surface area contributed by atoms with Crippen LogP contribution in [0.15, 0.2) is 18.2 Å². The minimum absolute atomic E-state index is 0.102. The summed E-state index contributed by atoms with van der Waals surface area (Å²) in [5, 5.41) is 12.0. The molecular weight excluding hydrogens is 229 g/mol. The maximum absolute atomic E-state index is 12.7. The van der Waals surface area contributed by atoms with E-state index in [-0.39, 0.29) is 17.2 Å². The zero-order chi connectivity index (χ0) is 12.0. The SMILES string of the molecule is CSCCCNC(=O)c1ccc(F)cc1O. The van der Waals surface area contributed by atoms with Gasteiger partial charge in [0.2, 0.25) is 0 Å². The number of carbonyl (C=O) groups excluding carboxylic acids is 1. The number of hydrogen-bond acceptors (Lipinski definition) is 3. The number of phenols is 1. The van der Waals surface area contributed by atoms with Crippen molar-refractivity contribution in [1.82, 2.24) is 5.32 Å². The lowest BCUT2D eigenvalue weighted by molar-refractivity contribution is 0.0951. The van der Waals surface area contributed by atoms with Gasteiger partial charge < -0.3 is 10.4 Å². The Morgan fingerprint density at radius 2 is 2.31 bits per heavy atom. The molecule has 16 heavy (non-hydrogen) atoms. The van der Waals surface area contributed by atoms with Crippen molar-refractivity contribution in [3.05, 3.63) is 29.6 Å². The van der Waals surface area contributed by atoms with E-state index in [0.29, 0.717) is 6.54 Å². The molecule has 0 radical (unpaired) electrons. The zero-order valence-corrected chi connectivity index (χ0v) is 9.81. The number of phenolic OH excluding ortho intramolecular Hbond substituents is 1. The number of hydrogen-bond donors (Lipinski definition) is 2. The molecule has 0 aromatic heterocycles. The van der Waals surface area contributed by atoms with E-state index in [2.05, 4.69) is 5.32 Å². The summed E-state index contributed by atoms with van der Waals surface area (Å²) < 4.78 is 12.7. The van der Waals surface area contributed by atoms with Crippen LogP contribution in [0.5, 0.6) is 5.75 Å². The molecule has 0 atom stereocenters. The normalized spacial score (nSPS) is 10.1. The predicted molar refractivity (Wildman–Crippen MR) is 63.4 cm³/mol. The van der Waals surface area contributed by atoms with Crippen LogP contribution in [0.1, 0.15) is 16.8 Å². The Morgan fingerprint density at radius 3 is 2.94 bits per heavy atom. The van der Waals surface area contributed by atoms with Gasteiger partial charge in [-0.2, -0.15) is 11.8 Å². The van der Waals surface area contributed by atoms with Crippen molar-refractivity contribution < 1.29 is 14.3 Å². The summed E-state index contributed by atoms with van der Waals surface area (Å²) in [6, 6.07) is 3.35. The second kappa shape index (κ2) is 6.37. The van der Waals surface area contributed by atoms with Gasteiger partial charge in [-0.05, 0) is 30.6 Å². The molecule has 0 saturated carbocycles. The molecule has 0 unspecified atom stereocenters. The van der Waals surface area contributed by atoms with E-state index < -0.39 is 5.82 Å². The van der Waals surface area contributed by atoms with Gasteiger partial charge in [-0.15, -0.1) is 0 Å². The standard InChI is InChI=1S/C11H14FNO2S/c1-16-6-2-5-13-11(15)9-4-3-8(12)7-10(9)14/h3-4,7,14H,2,5-6H2,1H3,(H,13,15). The minimum Gasteiger partial charge on any atom is -0.507 e. The number of thioether (sulfide) groups is 1. The third-order valence-corrected chi connectivity index (χ3v) is 2.71. The van der Waals surface area contributed by atoms with Crippen LogP contribution in [0.25, 0.3) is 0 Å². The first-order valence-electron chi connectivity index (χ1n) is 4.91. The van der Waals surface area contributed by atoms with E-state index in [1.807, 2.05) is 6.26 Å². The van der Waals surface area contributed by atoms with Gasteiger partial charge in [-0.25, -0.2) is 4.39 Å². The second-order valence-corrected chi connectivity index (χ2v) is 4.25.